The number of aliphatic imine (C=N–C) groups is 2. The van der Waals surface area contributed by atoms with E-state index in [1.54, 1.807) is 19.5 Å². The van der Waals surface area contributed by atoms with Crippen LogP contribution in [0.5, 0.6) is 17.2 Å². The SMILES string of the molecule is COc1cc(C2=NC(C3=CC=C3)=C3C=NC=C[N+]23N)ccc1Oc1cccc(C)c1. The van der Waals surface area contributed by atoms with Gasteiger partial charge < -0.3 is 9.47 Å². The fraction of sp³-hybridized carbons (Fsp3) is 0.0833. The quantitative estimate of drug-likeness (QED) is 0.596. The van der Waals surface area contributed by atoms with Crippen molar-refractivity contribution in [2.45, 2.75) is 6.92 Å². The van der Waals surface area contributed by atoms with Gasteiger partial charge in [-0.15, -0.1) is 4.59 Å². The van der Waals surface area contributed by atoms with E-state index in [0.717, 1.165) is 33.8 Å². The van der Waals surface area contributed by atoms with E-state index >= 15 is 0 Å². The van der Waals surface area contributed by atoms with Crippen LogP contribution in [0.3, 0.4) is 0 Å². The number of amidine groups is 1. The highest BCUT2D eigenvalue weighted by Crippen LogP contribution is 2.38. The molecule has 2 heterocycles. The first-order chi connectivity index (χ1) is 14.6. The van der Waals surface area contributed by atoms with E-state index in [1.807, 2.05) is 73.8 Å². The molecule has 2 aromatic carbocycles. The first kappa shape index (κ1) is 18.3. The minimum Gasteiger partial charge on any atom is -0.493 e. The number of nitrogens with two attached hydrogens (primary N) is 1. The lowest BCUT2D eigenvalue weighted by Gasteiger charge is -2.26. The molecule has 0 amide bonds. The fourth-order valence-electron chi connectivity index (χ4n) is 3.64. The Labute approximate surface area is 174 Å². The monoisotopic (exact) mass is 397 g/mol. The normalized spacial score (nSPS) is 21.2. The van der Waals surface area contributed by atoms with Gasteiger partial charge in [-0.05, 0) is 42.8 Å². The Morgan fingerprint density at radius 2 is 1.93 bits per heavy atom. The second kappa shape index (κ2) is 6.95. The summed E-state index contributed by atoms with van der Waals surface area (Å²) in [6, 6.07) is 13.6. The summed E-state index contributed by atoms with van der Waals surface area (Å²) in [5, 5.41) is 0. The number of fused-ring (bicyclic) bond motifs is 1. The van der Waals surface area contributed by atoms with E-state index in [-0.39, 0.29) is 4.59 Å². The van der Waals surface area contributed by atoms with Gasteiger partial charge in [-0.2, -0.15) is 10.8 Å². The minimum atomic E-state index is -0.0365. The lowest BCUT2D eigenvalue weighted by molar-refractivity contribution is -0.750. The molecule has 148 valence electrons. The van der Waals surface area contributed by atoms with E-state index in [9.17, 15) is 0 Å². The lowest BCUT2D eigenvalue weighted by atomic mass is 10.0. The molecule has 3 aliphatic rings. The van der Waals surface area contributed by atoms with Crippen LogP contribution >= 0.6 is 0 Å². The van der Waals surface area contributed by atoms with Crippen molar-refractivity contribution in [3.8, 4) is 17.2 Å². The Balaban J connectivity index is 1.53. The molecule has 5 rings (SSSR count). The number of hydrogen-bond acceptors (Lipinski definition) is 5. The molecule has 0 radical (unpaired) electrons. The summed E-state index contributed by atoms with van der Waals surface area (Å²) in [5.74, 6) is 9.45. The molecule has 0 fully saturated rings. The predicted molar refractivity (Wildman–Crippen MR) is 117 cm³/mol. The molecule has 0 bridgehead atoms. The van der Waals surface area contributed by atoms with Gasteiger partial charge in [0.2, 0.25) is 5.70 Å². The topological polar surface area (TPSA) is 69.2 Å². The highest BCUT2D eigenvalue weighted by atomic mass is 16.5. The van der Waals surface area contributed by atoms with Crippen molar-refractivity contribution >= 4 is 12.1 Å². The van der Waals surface area contributed by atoms with E-state index in [0.29, 0.717) is 17.3 Å². The van der Waals surface area contributed by atoms with Crippen molar-refractivity contribution in [2.24, 2.45) is 15.8 Å². The smallest absolute Gasteiger partial charge is 0.265 e. The van der Waals surface area contributed by atoms with Crippen molar-refractivity contribution in [3.63, 3.8) is 0 Å². The van der Waals surface area contributed by atoms with Crippen LogP contribution in [-0.4, -0.2) is 23.8 Å². The van der Waals surface area contributed by atoms with Crippen molar-refractivity contribution in [1.29, 1.82) is 0 Å². The van der Waals surface area contributed by atoms with Crippen molar-refractivity contribution in [3.05, 3.63) is 101 Å². The largest absolute Gasteiger partial charge is 0.493 e. The maximum atomic E-state index is 6.76. The van der Waals surface area contributed by atoms with Crippen LogP contribution in [0.4, 0.5) is 0 Å². The lowest BCUT2D eigenvalue weighted by Crippen LogP contribution is -2.53. The predicted octanol–water partition coefficient (Wildman–Crippen LogP) is 4.51. The summed E-state index contributed by atoms with van der Waals surface area (Å²) < 4.78 is 11.6. The molecule has 0 spiro atoms. The Morgan fingerprint density at radius 1 is 1.07 bits per heavy atom. The second-order valence-electron chi connectivity index (χ2n) is 7.29. The van der Waals surface area contributed by atoms with Crippen LogP contribution in [0.15, 0.2) is 100 Å². The zero-order chi connectivity index (χ0) is 20.7. The summed E-state index contributed by atoms with van der Waals surface area (Å²) in [6.45, 7) is 2.03. The summed E-state index contributed by atoms with van der Waals surface area (Å²) in [6.07, 6.45) is 11.3. The fourth-order valence-corrected chi connectivity index (χ4v) is 3.64. The van der Waals surface area contributed by atoms with Crippen LogP contribution in [0.1, 0.15) is 11.1 Å². The van der Waals surface area contributed by atoms with Crippen LogP contribution in [-0.2, 0) is 0 Å². The van der Waals surface area contributed by atoms with Gasteiger partial charge in [0.1, 0.15) is 17.6 Å². The Morgan fingerprint density at radius 3 is 2.67 bits per heavy atom. The third-order valence-electron chi connectivity index (χ3n) is 5.26. The number of quaternary nitrogens is 1. The van der Waals surface area contributed by atoms with Gasteiger partial charge in [-0.3, -0.25) is 4.99 Å². The zero-order valence-corrected chi connectivity index (χ0v) is 16.7. The maximum Gasteiger partial charge on any atom is 0.265 e. The van der Waals surface area contributed by atoms with Crippen LogP contribution < -0.4 is 15.3 Å². The van der Waals surface area contributed by atoms with Crippen molar-refractivity contribution in [1.82, 2.24) is 0 Å². The number of rotatable bonds is 5. The van der Waals surface area contributed by atoms with Gasteiger partial charge >= 0.3 is 0 Å². The summed E-state index contributed by atoms with van der Waals surface area (Å²) >= 11 is 0. The molecule has 2 aromatic rings. The van der Waals surface area contributed by atoms with Crippen molar-refractivity contribution in [2.75, 3.05) is 7.11 Å². The number of benzene rings is 2. The standard InChI is InChI=1S/C24H21N4O2/c1-16-5-3-8-19(13-16)30-21-10-9-18(14-22(21)29-2)24-27-23(17-6-4-7-17)20-15-26-11-12-28(20,24)25/h3-15H,25H2,1-2H3/q+1. The molecule has 1 aliphatic carbocycles. The molecular weight excluding hydrogens is 376 g/mol. The molecule has 2 N–H and O–H groups in total. The molecule has 0 saturated heterocycles. The number of ether oxygens (including phenoxy) is 2. The summed E-state index contributed by atoms with van der Waals surface area (Å²) in [4.78, 5) is 9.14. The zero-order valence-electron chi connectivity index (χ0n) is 16.7. The first-order valence-electron chi connectivity index (χ1n) is 9.62. The van der Waals surface area contributed by atoms with Crippen LogP contribution in [0.25, 0.3) is 0 Å². The first-order valence-corrected chi connectivity index (χ1v) is 9.62. The van der Waals surface area contributed by atoms with E-state index < -0.39 is 0 Å². The second-order valence-corrected chi connectivity index (χ2v) is 7.29. The Hall–Kier alpha value is -3.74. The molecule has 6 heteroatoms. The molecule has 1 unspecified atom stereocenters. The van der Waals surface area contributed by atoms with Gasteiger partial charge in [0, 0.05) is 5.57 Å². The molecule has 0 aromatic heterocycles. The van der Waals surface area contributed by atoms with E-state index in [2.05, 4.69) is 4.99 Å². The number of aryl methyl sites for hydroxylation is 1. The van der Waals surface area contributed by atoms with Crippen LogP contribution in [0.2, 0.25) is 0 Å². The Kier molecular flexibility index (Phi) is 4.24. The number of nitrogens with zero attached hydrogens (tertiary/aromatic N) is 3. The van der Waals surface area contributed by atoms with Crippen LogP contribution in [0, 0.1) is 6.92 Å². The van der Waals surface area contributed by atoms with Gasteiger partial charge in [0.15, 0.2) is 11.5 Å². The van der Waals surface area contributed by atoms with Crippen molar-refractivity contribution < 1.29 is 14.1 Å². The summed E-state index contributed by atoms with van der Waals surface area (Å²) in [7, 11) is 1.62. The Bertz CT molecular complexity index is 1230. The highest BCUT2D eigenvalue weighted by molar-refractivity contribution is 6.01. The van der Waals surface area contributed by atoms with Gasteiger partial charge in [0.05, 0.1) is 25.1 Å². The number of methoxy groups -OCH3 is 1. The summed E-state index contributed by atoms with van der Waals surface area (Å²) in [5.41, 5.74) is 4.69. The third-order valence-corrected chi connectivity index (χ3v) is 5.26. The number of hydrogen-bond donors (Lipinski definition) is 1. The molecule has 2 aliphatic heterocycles. The van der Waals surface area contributed by atoms with E-state index in [4.69, 9.17) is 20.3 Å². The molecule has 30 heavy (non-hydrogen) atoms. The molecular formula is C24H21N4O2+. The number of allylic oxidation sites excluding steroid dienone is 4. The van der Waals surface area contributed by atoms with Gasteiger partial charge in [0.25, 0.3) is 5.84 Å². The van der Waals surface area contributed by atoms with E-state index in [1.165, 1.54) is 0 Å². The maximum absolute atomic E-state index is 6.76. The molecule has 0 saturated carbocycles. The third kappa shape index (κ3) is 2.90. The average molecular weight is 397 g/mol. The van der Waals surface area contributed by atoms with Gasteiger partial charge in [-0.25, -0.2) is 0 Å². The average Bonchev–Trinajstić information content (AvgIpc) is 3.00. The highest BCUT2D eigenvalue weighted by Gasteiger charge is 2.45. The molecule has 1 atom stereocenters. The van der Waals surface area contributed by atoms with Gasteiger partial charge in [-0.1, -0.05) is 30.4 Å². The minimum absolute atomic E-state index is 0.0365. The molecule has 6 nitrogen and oxygen atoms in total.